The number of anilines is 1. The van der Waals surface area contributed by atoms with Gasteiger partial charge in [0, 0.05) is 56.5 Å². The molecule has 2 saturated heterocycles. The van der Waals surface area contributed by atoms with Crippen LogP contribution in [0.2, 0.25) is 10.0 Å². The highest BCUT2D eigenvalue weighted by Crippen LogP contribution is 2.42. The van der Waals surface area contributed by atoms with Gasteiger partial charge in [0.25, 0.3) is 17.4 Å². The largest absolute Gasteiger partial charge is 0.430 e. The van der Waals surface area contributed by atoms with Crippen LogP contribution in [0.1, 0.15) is 48.0 Å². The molecule has 2 amide bonds. The van der Waals surface area contributed by atoms with E-state index in [1.165, 1.54) is 4.90 Å². The van der Waals surface area contributed by atoms with Crippen LogP contribution in [-0.4, -0.2) is 73.2 Å². The van der Waals surface area contributed by atoms with E-state index in [4.69, 9.17) is 23.2 Å². The summed E-state index contributed by atoms with van der Waals surface area (Å²) in [5.74, 6) is -2.08. The lowest BCUT2D eigenvalue weighted by molar-refractivity contribution is -0.262. The number of rotatable bonds is 6. The molecule has 1 N–H and O–H groups in total. The molecule has 41 heavy (non-hydrogen) atoms. The number of alkyl halides is 3. The molecule has 2 fully saturated rings. The minimum absolute atomic E-state index is 0.0697. The van der Waals surface area contributed by atoms with Crippen LogP contribution in [-0.2, 0) is 10.4 Å². The van der Waals surface area contributed by atoms with E-state index in [9.17, 15) is 32.3 Å². The van der Waals surface area contributed by atoms with E-state index in [0.29, 0.717) is 35.4 Å². The molecule has 1 atom stereocenters. The molecular formula is C29H33Cl2F4N3O3. The maximum absolute atomic E-state index is 14.0. The van der Waals surface area contributed by atoms with Gasteiger partial charge < -0.3 is 19.8 Å². The van der Waals surface area contributed by atoms with Crippen LogP contribution in [0.4, 0.5) is 23.2 Å². The van der Waals surface area contributed by atoms with Gasteiger partial charge in [-0.1, -0.05) is 23.2 Å². The first-order chi connectivity index (χ1) is 19.2. The number of carbonyl (C=O) groups is 2. The molecule has 2 heterocycles. The van der Waals surface area contributed by atoms with Crippen molar-refractivity contribution >= 4 is 40.7 Å². The fourth-order valence-electron chi connectivity index (χ4n) is 5.79. The molecule has 0 aromatic heterocycles. The van der Waals surface area contributed by atoms with Gasteiger partial charge in [-0.3, -0.25) is 9.59 Å². The van der Waals surface area contributed by atoms with Crippen LogP contribution in [0.3, 0.4) is 0 Å². The Bertz CT molecular complexity index is 1260. The standard InChI is InChI=1S/C29H33Cl2F4N3O3/c1-36(2)26(39)24-4-3-23(17-25(24)31)37-9-5-18(6-10-37)13-19-7-11-38(12-8-19)27(40)28(41,29(33,34)35)20-14-21(30)16-22(32)15-20/h3-4,14-19,41H,5-13H2,1-2H3. The van der Waals surface area contributed by atoms with Crippen molar-refractivity contribution in [2.45, 2.75) is 43.9 Å². The third kappa shape index (κ3) is 6.75. The monoisotopic (exact) mass is 617 g/mol. The summed E-state index contributed by atoms with van der Waals surface area (Å²) in [6, 6.07) is 7.51. The average molecular weight is 618 g/mol. The molecule has 0 spiro atoms. The van der Waals surface area contributed by atoms with Gasteiger partial charge in [0.05, 0.1) is 10.6 Å². The van der Waals surface area contributed by atoms with Gasteiger partial charge in [-0.05, 0) is 80.3 Å². The molecule has 1 unspecified atom stereocenters. The van der Waals surface area contributed by atoms with Crippen LogP contribution in [0.15, 0.2) is 36.4 Å². The maximum Gasteiger partial charge on any atom is 0.430 e. The second kappa shape index (κ2) is 12.4. The van der Waals surface area contributed by atoms with Crippen LogP contribution >= 0.6 is 23.2 Å². The molecule has 0 aliphatic carbocycles. The van der Waals surface area contributed by atoms with Crippen molar-refractivity contribution in [1.29, 1.82) is 0 Å². The summed E-state index contributed by atoms with van der Waals surface area (Å²) in [5.41, 5.74) is -3.42. The number of carbonyl (C=O) groups excluding carboxylic acids is 2. The Labute approximate surface area is 246 Å². The Morgan fingerprint density at radius 3 is 2.05 bits per heavy atom. The highest BCUT2D eigenvalue weighted by Gasteiger charge is 2.62. The molecule has 12 heteroatoms. The van der Waals surface area contributed by atoms with Crippen molar-refractivity contribution in [3.05, 3.63) is 63.4 Å². The van der Waals surface area contributed by atoms with Gasteiger partial charge in [-0.2, -0.15) is 13.2 Å². The molecule has 0 saturated carbocycles. The number of nitrogens with zero attached hydrogens (tertiary/aromatic N) is 3. The van der Waals surface area contributed by atoms with Crippen LogP contribution in [0, 0.1) is 17.7 Å². The lowest BCUT2D eigenvalue weighted by Gasteiger charge is -2.40. The highest BCUT2D eigenvalue weighted by molar-refractivity contribution is 6.34. The van der Waals surface area contributed by atoms with E-state index >= 15 is 0 Å². The SMILES string of the molecule is CN(C)C(=O)c1ccc(N2CCC(CC3CCN(C(=O)C(O)(c4cc(F)cc(Cl)c4)C(F)(F)F)CC3)CC2)cc1Cl. The number of likely N-dealkylation sites (tertiary alicyclic amines) is 1. The Balaban J connectivity index is 1.32. The summed E-state index contributed by atoms with van der Waals surface area (Å²) >= 11 is 12.1. The minimum atomic E-state index is -5.36. The summed E-state index contributed by atoms with van der Waals surface area (Å²) in [4.78, 5) is 30.0. The predicted octanol–water partition coefficient (Wildman–Crippen LogP) is 6.13. The van der Waals surface area contributed by atoms with Gasteiger partial charge in [0.1, 0.15) is 5.82 Å². The third-order valence-corrected chi connectivity index (χ3v) is 8.67. The van der Waals surface area contributed by atoms with E-state index in [2.05, 4.69) is 4.90 Å². The van der Waals surface area contributed by atoms with E-state index in [1.54, 1.807) is 20.2 Å². The molecule has 0 radical (unpaired) electrons. The van der Waals surface area contributed by atoms with Crippen LogP contribution in [0.5, 0.6) is 0 Å². The summed E-state index contributed by atoms with van der Waals surface area (Å²) in [7, 11) is 3.34. The number of amides is 2. The van der Waals surface area contributed by atoms with Crippen molar-refractivity contribution < 1.29 is 32.3 Å². The Kier molecular flexibility index (Phi) is 9.45. The molecule has 224 valence electrons. The minimum Gasteiger partial charge on any atom is -0.371 e. The smallest absolute Gasteiger partial charge is 0.371 e. The first kappa shape index (κ1) is 31.4. The lowest BCUT2D eigenvalue weighted by Crippen LogP contribution is -2.57. The molecule has 2 aromatic carbocycles. The van der Waals surface area contributed by atoms with Crippen molar-refractivity contribution in [2.24, 2.45) is 11.8 Å². The van der Waals surface area contributed by atoms with E-state index < -0.39 is 29.1 Å². The average Bonchev–Trinajstić information content (AvgIpc) is 2.91. The summed E-state index contributed by atoms with van der Waals surface area (Å²) in [6.45, 7) is 1.77. The fraction of sp³-hybridized carbons (Fsp3) is 0.517. The van der Waals surface area contributed by atoms with Crippen molar-refractivity contribution in [1.82, 2.24) is 9.80 Å². The zero-order chi connectivity index (χ0) is 30.1. The quantitative estimate of drug-likeness (QED) is 0.396. The van der Waals surface area contributed by atoms with Crippen LogP contribution < -0.4 is 4.90 Å². The zero-order valence-corrected chi connectivity index (χ0v) is 24.4. The van der Waals surface area contributed by atoms with E-state index in [-0.39, 0.29) is 29.9 Å². The molecule has 2 aliphatic rings. The summed E-state index contributed by atoms with van der Waals surface area (Å²) in [5, 5.41) is 10.7. The Morgan fingerprint density at radius 2 is 1.54 bits per heavy atom. The number of aliphatic hydroxyl groups is 1. The molecular weight excluding hydrogens is 585 g/mol. The van der Waals surface area contributed by atoms with Gasteiger partial charge in [0.15, 0.2) is 0 Å². The second-order valence-corrected chi connectivity index (χ2v) is 12.0. The lowest BCUT2D eigenvalue weighted by atomic mass is 9.82. The topological polar surface area (TPSA) is 64.1 Å². The van der Waals surface area contributed by atoms with Crippen molar-refractivity contribution in [3.8, 4) is 0 Å². The molecule has 6 nitrogen and oxygen atoms in total. The van der Waals surface area contributed by atoms with Gasteiger partial charge >= 0.3 is 6.18 Å². The van der Waals surface area contributed by atoms with E-state index in [1.807, 2.05) is 12.1 Å². The summed E-state index contributed by atoms with van der Waals surface area (Å²) in [6.07, 6.45) is -1.57. The number of benzene rings is 2. The third-order valence-electron chi connectivity index (χ3n) is 8.14. The number of piperidine rings is 2. The van der Waals surface area contributed by atoms with E-state index in [0.717, 1.165) is 55.1 Å². The van der Waals surface area contributed by atoms with Crippen molar-refractivity contribution in [3.63, 3.8) is 0 Å². The fourth-order valence-corrected chi connectivity index (χ4v) is 6.26. The number of hydrogen-bond donors (Lipinski definition) is 1. The molecule has 2 aliphatic heterocycles. The normalized spacial score (nSPS) is 18.8. The molecule has 0 bridgehead atoms. The number of hydrogen-bond acceptors (Lipinski definition) is 4. The Morgan fingerprint density at radius 1 is 0.951 bits per heavy atom. The van der Waals surface area contributed by atoms with Crippen LogP contribution in [0.25, 0.3) is 0 Å². The Hall–Kier alpha value is -2.56. The second-order valence-electron chi connectivity index (χ2n) is 11.1. The number of halogens is 6. The summed E-state index contributed by atoms with van der Waals surface area (Å²) < 4.78 is 55.9. The van der Waals surface area contributed by atoms with Gasteiger partial charge in [-0.15, -0.1) is 0 Å². The molecule has 2 aromatic rings. The van der Waals surface area contributed by atoms with Gasteiger partial charge in [-0.25, -0.2) is 4.39 Å². The maximum atomic E-state index is 14.0. The first-order valence-electron chi connectivity index (χ1n) is 13.5. The molecule has 4 rings (SSSR count). The highest BCUT2D eigenvalue weighted by atomic mass is 35.5. The first-order valence-corrected chi connectivity index (χ1v) is 14.3. The predicted molar refractivity (Wildman–Crippen MR) is 150 cm³/mol. The van der Waals surface area contributed by atoms with Gasteiger partial charge in [0.2, 0.25) is 0 Å². The zero-order valence-electron chi connectivity index (χ0n) is 22.9. The van der Waals surface area contributed by atoms with Crippen molar-refractivity contribution in [2.75, 3.05) is 45.2 Å².